The van der Waals surface area contributed by atoms with E-state index in [1.807, 2.05) is 51.1 Å². The van der Waals surface area contributed by atoms with Crippen molar-refractivity contribution in [3.05, 3.63) is 96.6 Å². The van der Waals surface area contributed by atoms with E-state index >= 15 is 0 Å². The van der Waals surface area contributed by atoms with E-state index < -0.39 is 19.8 Å². The first-order valence-corrected chi connectivity index (χ1v) is 12.5. The van der Waals surface area contributed by atoms with Crippen LogP contribution < -0.4 is 15.7 Å². The summed E-state index contributed by atoms with van der Waals surface area (Å²) >= 11 is 0. The predicted molar refractivity (Wildman–Crippen MR) is 122 cm³/mol. The molecule has 4 heteroatoms. The topological polar surface area (TPSA) is 38.3 Å². The molecule has 0 saturated carbocycles. The van der Waals surface area contributed by atoms with Crippen LogP contribution in [0.1, 0.15) is 32.0 Å². The highest BCUT2D eigenvalue weighted by Gasteiger charge is 2.42. The maximum atomic E-state index is 12.8. The van der Waals surface area contributed by atoms with Crippen molar-refractivity contribution < 1.29 is 9.53 Å². The molecule has 1 unspecified atom stereocenters. The van der Waals surface area contributed by atoms with Crippen LogP contribution in [0.2, 0.25) is 6.55 Å². The fourth-order valence-corrected chi connectivity index (χ4v) is 7.74. The van der Waals surface area contributed by atoms with Crippen LogP contribution in [0, 0.1) is 0 Å². The molecule has 1 atom stereocenters. The Balaban J connectivity index is 2.14. The Morgan fingerprint density at radius 2 is 1.21 bits per heavy atom. The molecule has 150 valence electrons. The van der Waals surface area contributed by atoms with Crippen LogP contribution in [-0.2, 0) is 4.74 Å². The molecule has 0 aliphatic rings. The molecule has 1 N–H and O–H groups in total. The highest BCUT2D eigenvalue weighted by Crippen LogP contribution is 2.26. The Hall–Kier alpha value is -2.85. The van der Waals surface area contributed by atoms with Crippen LogP contribution in [0.4, 0.5) is 4.79 Å². The molecule has 0 fully saturated rings. The van der Waals surface area contributed by atoms with E-state index in [2.05, 4.69) is 72.5 Å². The van der Waals surface area contributed by atoms with Gasteiger partial charge in [0.1, 0.15) is 13.7 Å². The summed E-state index contributed by atoms with van der Waals surface area (Å²) < 4.78 is 5.63. The summed E-state index contributed by atoms with van der Waals surface area (Å²) in [6.45, 7) is 7.96. The van der Waals surface area contributed by atoms with Crippen molar-refractivity contribution in [1.82, 2.24) is 5.32 Å². The van der Waals surface area contributed by atoms with Crippen molar-refractivity contribution in [3.63, 3.8) is 0 Å². The fraction of sp³-hybridized carbons (Fsp3) is 0.240. The van der Waals surface area contributed by atoms with Gasteiger partial charge < -0.3 is 10.1 Å². The smallest absolute Gasteiger partial charge is 0.407 e. The Morgan fingerprint density at radius 3 is 1.62 bits per heavy atom. The number of rotatable bonds is 5. The Kier molecular flexibility index (Phi) is 6.23. The molecule has 0 bridgehead atoms. The summed E-state index contributed by atoms with van der Waals surface area (Å²) in [5.74, 6) is 0. The first-order chi connectivity index (χ1) is 13.8. The zero-order valence-electron chi connectivity index (χ0n) is 17.6. The normalized spacial score (nSPS) is 12.8. The first-order valence-electron chi connectivity index (χ1n) is 9.96. The van der Waals surface area contributed by atoms with E-state index in [1.54, 1.807) is 0 Å². The molecule has 0 aliphatic heterocycles. The number of ether oxygens (including phenoxy) is 1. The van der Waals surface area contributed by atoms with E-state index in [0.717, 1.165) is 5.56 Å². The average Bonchev–Trinajstić information content (AvgIpc) is 2.72. The van der Waals surface area contributed by atoms with E-state index in [4.69, 9.17) is 4.74 Å². The lowest BCUT2D eigenvalue weighted by Crippen LogP contribution is -2.64. The molecule has 0 heterocycles. The fourth-order valence-electron chi connectivity index (χ4n) is 3.70. The molecule has 3 rings (SSSR count). The predicted octanol–water partition coefficient (Wildman–Crippen LogP) is 4.68. The summed E-state index contributed by atoms with van der Waals surface area (Å²) in [5.41, 5.74) is 0.353. The number of hydrogen-bond acceptors (Lipinski definition) is 2. The number of amides is 1. The highest BCUT2D eigenvalue weighted by molar-refractivity contribution is 7.02. The van der Waals surface area contributed by atoms with Crippen LogP contribution >= 0.6 is 0 Å². The lowest BCUT2D eigenvalue weighted by Gasteiger charge is -2.38. The maximum Gasteiger partial charge on any atom is 0.407 e. The van der Waals surface area contributed by atoms with Gasteiger partial charge in [-0.1, -0.05) is 108 Å². The Labute approximate surface area is 174 Å². The lowest BCUT2D eigenvalue weighted by atomic mass is 10.2. The SMILES string of the molecule is CC(C)(C)OC(=O)NC(c1ccccc1)[Si](C)(c1ccccc1)c1ccccc1. The minimum atomic E-state index is -2.42. The van der Waals surface area contributed by atoms with Gasteiger partial charge in [-0.3, -0.25) is 0 Å². The summed E-state index contributed by atoms with van der Waals surface area (Å²) in [4.78, 5) is 12.8. The second-order valence-corrected chi connectivity index (χ2v) is 12.6. The molecule has 3 aromatic carbocycles. The maximum absolute atomic E-state index is 12.8. The van der Waals surface area contributed by atoms with Crippen LogP contribution in [0.3, 0.4) is 0 Å². The van der Waals surface area contributed by atoms with Gasteiger partial charge in [0.2, 0.25) is 0 Å². The Morgan fingerprint density at radius 1 is 0.793 bits per heavy atom. The van der Waals surface area contributed by atoms with Crippen molar-refractivity contribution in [2.75, 3.05) is 0 Å². The Bertz CT molecular complexity index is 882. The number of benzene rings is 3. The van der Waals surface area contributed by atoms with E-state index in [1.165, 1.54) is 10.4 Å². The van der Waals surface area contributed by atoms with Crippen LogP contribution in [0.15, 0.2) is 91.0 Å². The molecule has 0 aromatic heterocycles. The van der Waals surface area contributed by atoms with Gasteiger partial charge in [-0.2, -0.15) is 0 Å². The molecular weight excluding hydrogens is 374 g/mol. The molecular formula is C25H29NO2Si. The van der Waals surface area contributed by atoms with Crippen LogP contribution in [-0.4, -0.2) is 19.8 Å². The average molecular weight is 404 g/mol. The van der Waals surface area contributed by atoms with E-state index in [0.29, 0.717) is 0 Å². The lowest BCUT2D eigenvalue weighted by molar-refractivity contribution is 0.0518. The van der Waals surface area contributed by atoms with Crippen molar-refractivity contribution in [1.29, 1.82) is 0 Å². The number of nitrogens with one attached hydrogen (secondary N) is 1. The van der Waals surface area contributed by atoms with Crippen molar-refractivity contribution in [2.45, 2.75) is 38.6 Å². The van der Waals surface area contributed by atoms with Crippen LogP contribution in [0.5, 0.6) is 0 Å². The zero-order valence-corrected chi connectivity index (χ0v) is 18.6. The van der Waals surface area contributed by atoms with Gasteiger partial charge >= 0.3 is 6.09 Å². The third-order valence-electron chi connectivity index (χ3n) is 5.12. The van der Waals surface area contributed by atoms with Crippen LogP contribution in [0.25, 0.3) is 0 Å². The van der Waals surface area contributed by atoms with E-state index in [-0.39, 0.29) is 5.67 Å². The molecule has 0 aliphatic carbocycles. The summed E-state index contributed by atoms with van der Waals surface area (Å²) in [6, 6.07) is 31.2. The minimum Gasteiger partial charge on any atom is -0.444 e. The van der Waals surface area contributed by atoms with Gasteiger partial charge in [0.05, 0.1) is 5.67 Å². The van der Waals surface area contributed by atoms with Crippen molar-refractivity contribution in [2.24, 2.45) is 0 Å². The van der Waals surface area contributed by atoms with Gasteiger partial charge in [0, 0.05) is 0 Å². The number of alkyl carbamates (subject to hydrolysis) is 1. The number of hydrogen-bond donors (Lipinski definition) is 1. The summed E-state index contributed by atoms with van der Waals surface area (Å²) in [6.07, 6.45) is -0.392. The van der Waals surface area contributed by atoms with Gasteiger partial charge in [-0.25, -0.2) is 4.79 Å². The highest BCUT2D eigenvalue weighted by atomic mass is 28.3. The zero-order chi connectivity index (χ0) is 20.9. The van der Waals surface area contributed by atoms with Gasteiger partial charge in [-0.05, 0) is 26.3 Å². The second kappa shape index (κ2) is 8.66. The monoisotopic (exact) mass is 403 g/mol. The van der Waals surface area contributed by atoms with Crippen molar-refractivity contribution >= 4 is 24.5 Å². The molecule has 0 saturated heterocycles. The van der Waals surface area contributed by atoms with Gasteiger partial charge in [0.25, 0.3) is 0 Å². The standard InChI is InChI=1S/C25H29NO2Si/c1-25(2,3)28-24(27)26-23(20-14-8-5-9-15-20)29(4,21-16-10-6-11-17-21)22-18-12-7-13-19-22/h5-19,23H,1-4H3,(H,26,27). The molecule has 3 nitrogen and oxygen atoms in total. The first kappa shape index (κ1) is 20.9. The summed E-state index contributed by atoms with van der Waals surface area (Å²) in [7, 11) is -2.42. The molecule has 1 amide bonds. The number of carbonyl (C=O) groups is 1. The molecule has 29 heavy (non-hydrogen) atoms. The van der Waals surface area contributed by atoms with Crippen molar-refractivity contribution in [3.8, 4) is 0 Å². The minimum absolute atomic E-state index is 0.177. The summed E-state index contributed by atoms with van der Waals surface area (Å²) in [5, 5.41) is 5.75. The second-order valence-electron chi connectivity index (χ2n) is 8.42. The van der Waals surface area contributed by atoms with Gasteiger partial charge in [-0.15, -0.1) is 0 Å². The molecule has 0 radical (unpaired) electrons. The molecule has 3 aromatic rings. The number of carbonyl (C=O) groups excluding carboxylic acids is 1. The van der Waals surface area contributed by atoms with E-state index in [9.17, 15) is 4.79 Å². The largest absolute Gasteiger partial charge is 0.444 e. The third kappa shape index (κ3) is 4.95. The molecule has 0 spiro atoms. The third-order valence-corrected chi connectivity index (χ3v) is 9.82. The quantitative estimate of drug-likeness (QED) is 0.628. The van der Waals surface area contributed by atoms with Gasteiger partial charge in [0.15, 0.2) is 0 Å².